The maximum Gasteiger partial charge on any atom is 0.222 e. The molecule has 2 aromatic rings. The van der Waals surface area contributed by atoms with Crippen molar-refractivity contribution >= 4 is 11.9 Å². The molecule has 23 heavy (non-hydrogen) atoms. The number of hydrogen-bond donors (Lipinski definition) is 3. The molecule has 0 bridgehead atoms. The largest absolute Gasteiger partial charge is 0.389 e. The molecule has 0 spiro atoms. The average Bonchev–Trinajstić information content (AvgIpc) is 3.28. The Bertz CT molecular complexity index is 693. The van der Waals surface area contributed by atoms with Gasteiger partial charge in [0.25, 0.3) is 0 Å². The first kappa shape index (κ1) is 15.6. The molecule has 122 valence electrons. The van der Waals surface area contributed by atoms with E-state index in [0.29, 0.717) is 18.4 Å². The molecule has 2 aromatic heterocycles. The molecule has 7 nitrogen and oxygen atoms in total. The maximum atomic E-state index is 9.82. The van der Waals surface area contributed by atoms with Crippen molar-refractivity contribution in [3.8, 4) is 11.3 Å². The van der Waals surface area contributed by atoms with Crippen LogP contribution in [0.3, 0.4) is 0 Å². The lowest BCUT2D eigenvalue weighted by atomic mass is 10.1. The van der Waals surface area contributed by atoms with Gasteiger partial charge in [0.15, 0.2) is 0 Å². The van der Waals surface area contributed by atoms with E-state index >= 15 is 0 Å². The molecule has 1 saturated carbocycles. The third-order valence-corrected chi connectivity index (χ3v) is 3.68. The first-order chi connectivity index (χ1) is 10.9. The highest BCUT2D eigenvalue weighted by atomic mass is 16.3. The van der Waals surface area contributed by atoms with E-state index in [1.54, 1.807) is 26.2 Å². The second-order valence-electron chi connectivity index (χ2n) is 6.67. The molecule has 0 amide bonds. The molecular formula is C16H22N6O. The van der Waals surface area contributed by atoms with Crippen molar-refractivity contribution in [1.82, 2.24) is 19.9 Å². The van der Waals surface area contributed by atoms with Crippen molar-refractivity contribution in [2.24, 2.45) is 5.92 Å². The first-order valence-electron chi connectivity index (χ1n) is 7.82. The highest BCUT2D eigenvalue weighted by Gasteiger charge is 2.25. The van der Waals surface area contributed by atoms with Crippen LogP contribution in [0.25, 0.3) is 11.3 Å². The molecule has 0 atom stereocenters. The van der Waals surface area contributed by atoms with E-state index in [1.807, 2.05) is 6.07 Å². The summed E-state index contributed by atoms with van der Waals surface area (Å²) in [6.45, 7) is 3.86. The predicted molar refractivity (Wildman–Crippen MR) is 88.7 cm³/mol. The van der Waals surface area contributed by atoms with Crippen molar-refractivity contribution < 1.29 is 5.11 Å². The van der Waals surface area contributed by atoms with E-state index in [0.717, 1.165) is 23.4 Å². The van der Waals surface area contributed by atoms with Crippen LogP contribution >= 0.6 is 0 Å². The second-order valence-corrected chi connectivity index (χ2v) is 6.67. The van der Waals surface area contributed by atoms with Crippen LogP contribution in [0.1, 0.15) is 32.4 Å². The molecule has 0 aromatic carbocycles. The summed E-state index contributed by atoms with van der Waals surface area (Å²) in [5.41, 5.74) is 7.45. The molecule has 1 fully saturated rings. The Hall–Kier alpha value is -2.28. The minimum Gasteiger partial charge on any atom is -0.389 e. The van der Waals surface area contributed by atoms with E-state index in [9.17, 15) is 5.11 Å². The minimum atomic E-state index is -0.820. The van der Waals surface area contributed by atoms with Gasteiger partial charge in [0, 0.05) is 24.5 Å². The molecule has 7 heteroatoms. The van der Waals surface area contributed by atoms with E-state index in [-0.39, 0.29) is 5.95 Å². The number of hydrogen-bond acceptors (Lipinski definition) is 7. The highest BCUT2D eigenvalue weighted by molar-refractivity contribution is 5.62. The molecule has 3 rings (SSSR count). The van der Waals surface area contributed by atoms with Gasteiger partial charge in [0.2, 0.25) is 11.9 Å². The lowest BCUT2D eigenvalue weighted by Gasteiger charge is -2.18. The molecule has 0 aliphatic heterocycles. The van der Waals surface area contributed by atoms with Crippen LogP contribution in [0.5, 0.6) is 0 Å². The topological polar surface area (TPSA) is 110 Å². The fourth-order valence-electron chi connectivity index (χ4n) is 2.29. The number of aliphatic hydroxyl groups is 1. The highest BCUT2D eigenvalue weighted by Crippen LogP contribution is 2.34. The summed E-state index contributed by atoms with van der Waals surface area (Å²) in [5, 5.41) is 12.9. The fraction of sp³-hybridized carbons (Fsp3) is 0.500. The standard InChI is InChI=1S/C16H22N6O/c1-16(2,23)9-20-15-19-8-11(12-5-6-18-14(17)21-12)13(22-15)7-10-3-4-10/h5-6,8,10,23H,3-4,7,9H2,1-2H3,(H2,17,18,21)(H,19,20,22). The van der Waals surface area contributed by atoms with E-state index in [4.69, 9.17) is 5.73 Å². The van der Waals surface area contributed by atoms with Crippen molar-refractivity contribution in [3.63, 3.8) is 0 Å². The van der Waals surface area contributed by atoms with Gasteiger partial charge in [-0.2, -0.15) is 0 Å². The van der Waals surface area contributed by atoms with Crippen LogP contribution < -0.4 is 11.1 Å². The van der Waals surface area contributed by atoms with Gasteiger partial charge in [-0.25, -0.2) is 19.9 Å². The number of nitrogens with zero attached hydrogens (tertiary/aromatic N) is 4. The van der Waals surface area contributed by atoms with Gasteiger partial charge < -0.3 is 16.2 Å². The van der Waals surface area contributed by atoms with E-state index in [2.05, 4.69) is 25.3 Å². The van der Waals surface area contributed by atoms with Crippen LogP contribution in [0.2, 0.25) is 0 Å². The Morgan fingerprint density at radius 2 is 2.09 bits per heavy atom. The predicted octanol–water partition coefficient (Wildman–Crippen LogP) is 1.65. The average molecular weight is 314 g/mol. The van der Waals surface area contributed by atoms with E-state index in [1.165, 1.54) is 12.8 Å². The molecule has 0 radical (unpaired) electrons. The third-order valence-electron chi connectivity index (χ3n) is 3.68. The van der Waals surface area contributed by atoms with Crippen molar-refractivity contribution in [1.29, 1.82) is 0 Å². The van der Waals surface area contributed by atoms with Gasteiger partial charge in [-0.1, -0.05) is 0 Å². The molecule has 0 saturated heterocycles. The summed E-state index contributed by atoms with van der Waals surface area (Å²) in [5.74, 6) is 1.45. The van der Waals surface area contributed by atoms with Crippen LogP contribution in [-0.2, 0) is 6.42 Å². The van der Waals surface area contributed by atoms with Crippen LogP contribution in [0, 0.1) is 5.92 Å². The van der Waals surface area contributed by atoms with E-state index < -0.39 is 5.60 Å². The van der Waals surface area contributed by atoms with Gasteiger partial charge >= 0.3 is 0 Å². The monoisotopic (exact) mass is 314 g/mol. The van der Waals surface area contributed by atoms with Gasteiger partial charge in [-0.05, 0) is 45.1 Å². The molecule has 2 heterocycles. The Balaban J connectivity index is 1.89. The van der Waals surface area contributed by atoms with Crippen molar-refractivity contribution in [2.45, 2.75) is 38.7 Å². The zero-order valence-corrected chi connectivity index (χ0v) is 13.5. The first-order valence-corrected chi connectivity index (χ1v) is 7.82. The summed E-state index contributed by atoms with van der Waals surface area (Å²) >= 11 is 0. The van der Waals surface area contributed by atoms with Gasteiger partial charge in [-0.15, -0.1) is 0 Å². The Morgan fingerprint density at radius 3 is 2.74 bits per heavy atom. The lowest BCUT2D eigenvalue weighted by Crippen LogP contribution is -2.30. The summed E-state index contributed by atoms with van der Waals surface area (Å²) in [4.78, 5) is 17.2. The van der Waals surface area contributed by atoms with Crippen molar-refractivity contribution in [2.75, 3.05) is 17.6 Å². The number of nitrogen functional groups attached to an aromatic ring is 1. The van der Waals surface area contributed by atoms with Gasteiger partial charge in [0.1, 0.15) is 0 Å². The third kappa shape index (κ3) is 4.35. The normalized spacial score (nSPS) is 14.7. The molecule has 4 N–H and O–H groups in total. The maximum absolute atomic E-state index is 9.82. The number of nitrogens with two attached hydrogens (primary N) is 1. The summed E-state index contributed by atoms with van der Waals surface area (Å²) in [6, 6.07) is 1.81. The zero-order chi connectivity index (χ0) is 16.4. The number of anilines is 2. The number of aromatic nitrogens is 4. The lowest BCUT2D eigenvalue weighted by molar-refractivity contribution is 0.0943. The van der Waals surface area contributed by atoms with Gasteiger partial charge in [-0.3, -0.25) is 0 Å². The minimum absolute atomic E-state index is 0.240. The zero-order valence-electron chi connectivity index (χ0n) is 13.5. The number of nitrogens with one attached hydrogen (secondary N) is 1. The molecule has 1 aliphatic carbocycles. The van der Waals surface area contributed by atoms with Crippen LogP contribution in [0.15, 0.2) is 18.5 Å². The molecule has 1 aliphatic rings. The smallest absolute Gasteiger partial charge is 0.222 e. The van der Waals surface area contributed by atoms with Crippen LogP contribution in [-0.4, -0.2) is 37.2 Å². The van der Waals surface area contributed by atoms with Crippen molar-refractivity contribution in [3.05, 3.63) is 24.2 Å². The van der Waals surface area contributed by atoms with Gasteiger partial charge in [0.05, 0.1) is 17.0 Å². The Morgan fingerprint density at radius 1 is 1.30 bits per heavy atom. The summed E-state index contributed by atoms with van der Waals surface area (Å²) in [6.07, 6.45) is 6.78. The SMILES string of the molecule is CC(C)(O)CNc1ncc(-c2ccnc(N)n2)c(CC2CC2)n1. The Labute approximate surface area is 135 Å². The molecular weight excluding hydrogens is 292 g/mol. The van der Waals surface area contributed by atoms with Crippen LogP contribution in [0.4, 0.5) is 11.9 Å². The molecule has 0 unspecified atom stereocenters. The summed E-state index contributed by atoms with van der Waals surface area (Å²) in [7, 11) is 0. The number of rotatable bonds is 6. The second kappa shape index (κ2) is 6.08. The Kier molecular flexibility index (Phi) is 4.12. The quantitative estimate of drug-likeness (QED) is 0.743. The fourth-order valence-corrected chi connectivity index (χ4v) is 2.29. The summed E-state index contributed by atoms with van der Waals surface area (Å²) < 4.78 is 0.